The molecule has 0 unspecified atom stereocenters. The number of hydrogen-bond donors (Lipinski definition) is 2. The van der Waals surface area contributed by atoms with Crippen molar-refractivity contribution >= 4 is 12.5 Å². The average molecular weight is 378 g/mol. The number of nitrogens with zero attached hydrogens (tertiary/aromatic N) is 4. The molecule has 2 aromatic rings. The van der Waals surface area contributed by atoms with Gasteiger partial charge in [0.25, 0.3) is 0 Å². The van der Waals surface area contributed by atoms with Crippen LogP contribution < -0.4 is 10.1 Å². The zero-order chi connectivity index (χ0) is 20.4. The van der Waals surface area contributed by atoms with Crippen LogP contribution in [-0.2, 0) is 12.8 Å². The highest BCUT2D eigenvalue weighted by atomic mass is 16.5. The standard InChI is InChI=1S/C20H23N5O.CH3N/c1-3-5-17-18(23-13-24-20(17)26-12-15-7-8-15)10-14(2)25-19-16(11-21)6-4-9-22-19;1-2/h4,6,9,13,15H,2-3,5,7-8,10,12H2,1H3,(H,22,25);2H,1H2. The minimum atomic E-state index is 0.485. The molecular formula is C21H26N6O. The Morgan fingerprint density at radius 2 is 2.14 bits per heavy atom. The second-order valence-electron chi connectivity index (χ2n) is 6.53. The highest BCUT2D eigenvalue weighted by Crippen LogP contribution is 2.30. The number of allylic oxidation sites excluding steroid dienone is 1. The minimum Gasteiger partial charge on any atom is -0.477 e. The number of ether oxygens (including phenoxy) is 1. The van der Waals surface area contributed by atoms with Gasteiger partial charge in [-0.2, -0.15) is 5.26 Å². The van der Waals surface area contributed by atoms with Crippen molar-refractivity contribution in [2.45, 2.75) is 39.0 Å². The molecule has 1 saturated carbocycles. The Bertz CT molecular complexity index is 841. The lowest BCUT2D eigenvalue weighted by Crippen LogP contribution is -2.11. The molecule has 0 saturated heterocycles. The number of rotatable bonds is 9. The fraction of sp³-hybridized carbons (Fsp3) is 0.381. The monoisotopic (exact) mass is 378 g/mol. The normalized spacial score (nSPS) is 12.3. The third-order valence-electron chi connectivity index (χ3n) is 4.25. The molecule has 3 rings (SSSR count). The van der Waals surface area contributed by atoms with Gasteiger partial charge in [0.1, 0.15) is 18.2 Å². The van der Waals surface area contributed by atoms with Gasteiger partial charge < -0.3 is 15.5 Å². The summed E-state index contributed by atoms with van der Waals surface area (Å²) in [4.78, 5) is 13.0. The third-order valence-corrected chi connectivity index (χ3v) is 4.25. The van der Waals surface area contributed by atoms with Crippen molar-refractivity contribution < 1.29 is 4.74 Å². The summed E-state index contributed by atoms with van der Waals surface area (Å²) in [6, 6.07) is 5.58. The van der Waals surface area contributed by atoms with Crippen molar-refractivity contribution in [3.05, 3.63) is 53.8 Å². The van der Waals surface area contributed by atoms with Crippen molar-refractivity contribution in [1.82, 2.24) is 15.0 Å². The number of aromatic nitrogens is 3. The van der Waals surface area contributed by atoms with Gasteiger partial charge >= 0.3 is 0 Å². The van der Waals surface area contributed by atoms with E-state index < -0.39 is 0 Å². The van der Waals surface area contributed by atoms with Gasteiger partial charge in [-0.05, 0) is 44.0 Å². The molecule has 7 heteroatoms. The summed E-state index contributed by atoms with van der Waals surface area (Å²) in [5, 5.41) is 17.8. The number of hydrogen-bond acceptors (Lipinski definition) is 7. The smallest absolute Gasteiger partial charge is 0.219 e. The van der Waals surface area contributed by atoms with Crippen molar-refractivity contribution in [1.29, 1.82) is 10.7 Å². The minimum absolute atomic E-state index is 0.485. The second kappa shape index (κ2) is 10.8. The summed E-state index contributed by atoms with van der Waals surface area (Å²) >= 11 is 0. The predicted molar refractivity (Wildman–Crippen MR) is 110 cm³/mol. The predicted octanol–water partition coefficient (Wildman–Crippen LogP) is 3.92. The van der Waals surface area contributed by atoms with Crippen LogP contribution in [0.5, 0.6) is 5.88 Å². The van der Waals surface area contributed by atoms with Crippen molar-refractivity contribution in [2.24, 2.45) is 5.92 Å². The largest absolute Gasteiger partial charge is 0.477 e. The zero-order valence-electron chi connectivity index (χ0n) is 16.2. The highest BCUT2D eigenvalue weighted by molar-refractivity contribution is 5.54. The second-order valence-corrected chi connectivity index (χ2v) is 6.53. The van der Waals surface area contributed by atoms with E-state index >= 15 is 0 Å². The van der Waals surface area contributed by atoms with Crippen LogP contribution in [0.3, 0.4) is 0 Å². The first kappa shape index (κ1) is 21.0. The summed E-state index contributed by atoms with van der Waals surface area (Å²) in [5.41, 5.74) is 3.16. The topological polar surface area (TPSA) is 108 Å². The first-order chi connectivity index (χ1) is 13.7. The van der Waals surface area contributed by atoms with Crippen LogP contribution in [-0.4, -0.2) is 28.3 Å². The molecular weight excluding hydrogens is 352 g/mol. The Hall–Kier alpha value is -3.27. The molecule has 0 spiro atoms. The molecule has 0 bridgehead atoms. The van der Waals surface area contributed by atoms with Crippen molar-refractivity contribution in [2.75, 3.05) is 11.9 Å². The molecule has 0 radical (unpaired) electrons. The first-order valence-corrected chi connectivity index (χ1v) is 9.32. The Labute approximate surface area is 166 Å². The molecule has 1 fully saturated rings. The van der Waals surface area contributed by atoms with Crippen LogP contribution in [0.15, 0.2) is 36.9 Å². The molecule has 0 aromatic carbocycles. The Morgan fingerprint density at radius 3 is 2.82 bits per heavy atom. The lowest BCUT2D eigenvalue weighted by molar-refractivity contribution is 0.284. The average Bonchev–Trinajstić information content (AvgIpc) is 3.55. The molecule has 28 heavy (non-hydrogen) atoms. The fourth-order valence-corrected chi connectivity index (χ4v) is 2.70. The molecule has 2 aromatic heterocycles. The van der Waals surface area contributed by atoms with Gasteiger partial charge in [0.2, 0.25) is 5.88 Å². The molecule has 0 amide bonds. The van der Waals surface area contributed by atoms with Crippen LogP contribution >= 0.6 is 0 Å². The van der Waals surface area contributed by atoms with Gasteiger partial charge in [0.05, 0.1) is 17.9 Å². The van der Waals surface area contributed by atoms with Crippen LogP contribution in [0.25, 0.3) is 0 Å². The fourth-order valence-electron chi connectivity index (χ4n) is 2.70. The maximum absolute atomic E-state index is 9.18. The molecule has 1 aliphatic rings. The van der Waals surface area contributed by atoms with Gasteiger partial charge in [0.15, 0.2) is 0 Å². The van der Waals surface area contributed by atoms with Gasteiger partial charge in [-0.25, -0.2) is 15.0 Å². The molecule has 7 nitrogen and oxygen atoms in total. The maximum Gasteiger partial charge on any atom is 0.219 e. The van der Waals surface area contributed by atoms with Gasteiger partial charge in [-0.3, -0.25) is 0 Å². The first-order valence-electron chi connectivity index (χ1n) is 9.32. The zero-order valence-corrected chi connectivity index (χ0v) is 16.2. The van der Waals surface area contributed by atoms with Crippen LogP contribution in [0, 0.1) is 22.7 Å². The number of pyridine rings is 1. The number of anilines is 1. The Kier molecular flexibility index (Phi) is 8.10. The molecule has 0 atom stereocenters. The van der Waals surface area contributed by atoms with Crippen molar-refractivity contribution in [3.63, 3.8) is 0 Å². The SMILES string of the molecule is C=C(Cc1ncnc(OCC2CC2)c1CCC)Nc1ncccc1C#N.C=N. The molecule has 0 aliphatic heterocycles. The quantitative estimate of drug-likeness (QED) is 0.640. The van der Waals surface area contributed by atoms with E-state index in [2.05, 4.69) is 46.6 Å². The van der Waals surface area contributed by atoms with E-state index in [9.17, 15) is 5.26 Å². The molecule has 2 heterocycles. The molecule has 146 valence electrons. The van der Waals surface area contributed by atoms with E-state index in [0.29, 0.717) is 29.6 Å². The maximum atomic E-state index is 9.18. The summed E-state index contributed by atoms with van der Waals surface area (Å²) in [7, 11) is 0. The summed E-state index contributed by atoms with van der Waals surface area (Å²) < 4.78 is 5.93. The Balaban J connectivity index is 0.00000136. The summed E-state index contributed by atoms with van der Waals surface area (Å²) in [6.45, 7) is 9.43. The van der Waals surface area contributed by atoms with Crippen LogP contribution in [0.4, 0.5) is 5.82 Å². The molecule has 1 aliphatic carbocycles. The van der Waals surface area contributed by atoms with E-state index in [1.54, 1.807) is 24.7 Å². The van der Waals surface area contributed by atoms with E-state index in [1.165, 1.54) is 12.8 Å². The van der Waals surface area contributed by atoms with Crippen molar-refractivity contribution in [3.8, 4) is 11.9 Å². The summed E-state index contributed by atoms with van der Waals surface area (Å²) in [6.07, 6.45) is 8.05. The summed E-state index contributed by atoms with van der Waals surface area (Å²) in [5.74, 6) is 1.87. The Morgan fingerprint density at radius 1 is 1.36 bits per heavy atom. The van der Waals surface area contributed by atoms with Gasteiger partial charge in [0, 0.05) is 23.9 Å². The number of nitrogens with one attached hydrogen (secondary N) is 2. The van der Waals surface area contributed by atoms with Crippen LogP contribution in [0.1, 0.15) is 43.0 Å². The number of nitriles is 1. The van der Waals surface area contributed by atoms with E-state index in [0.717, 1.165) is 36.4 Å². The van der Waals surface area contributed by atoms with E-state index in [1.807, 2.05) is 0 Å². The third kappa shape index (κ3) is 5.88. The van der Waals surface area contributed by atoms with Gasteiger partial charge in [-0.1, -0.05) is 19.9 Å². The van der Waals surface area contributed by atoms with Gasteiger partial charge in [-0.15, -0.1) is 0 Å². The lowest BCUT2D eigenvalue weighted by Gasteiger charge is -2.15. The lowest BCUT2D eigenvalue weighted by atomic mass is 10.1. The molecule has 2 N–H and O–H groups in total. The van der Waals surface area contributed by atoms with E-state index in [4.69, 9.17) is 10.1 Å². The van der Waals surface area contributed by atoms with E-state index in [-0.39, 0.29) is 0 Å². The van der Waals surface area contributed by atoms with Crippen LogP contribution in [0.2, 0.25) is 0 Å². The highest BCUT2D eigenvalue weighted by Gasteiger charge is 2.23.